The van der Waals surface area contributed by atoms with Gasteiger partial charge >= 0.3 is 5.97 Å². The second-order valence-electron chi connectivity index (χ2n) is 4.75. The Balaban J connectivity index is 2.70. The number of aromatic carboxylic acids is 1. The number of alkyl halides is 1. The molecule has 2 aromatic rings. The number of carboxylic acid groups (broad SMARTS) is 1. The Morgan fingerprint density at radius 2 is 1.86 bits per heavy atom. The average Bonchev–Trinajstić information content (AvgIpc) is 2.87. The number of carboxylic acids is 1. The number of rotatable bonds is 5. The normalized spacial score (nSPS) is 12.0. The zero-order valence-electron chi connectivity index (χ0n) is 12.8. The van der Waals surface area contributed by atoms with E-state index in [-0.39, 0.29) is 5.69 Å². The number of carbonyl (C=O) groups is 1. The monoisotopic (exact) mass is 308 g/mol. The van der Waals surface area contributed by atoms with E-state index in [0.29, 0.717) is 28.3 Å². The van der Waals surface area contributed by atoms with E-state index >= 15 is 0 Å². The molecule has 7 heteroatoms. The molecule has 6 nitrogen and oxygen atoms in total. The summed E-state index contributed by atoms with van der Waals surface area (Å²) in [6.07, 6.45) is -1.27. The van der Waals surface area contributed by atoms with Crippen molar-refractivity contribution < 1.29 is 23.8 Å². The SMILES string of the molecule is COc1cc(-c2cc(C(=O)O)nn2C)c(C(C)F)cc1OC. The van der Waals surface area contributed by atoms with Gasteiger partial charge in [0.15, 0.2) is 17.2 Å². The van der Waals surface area contributed by atoms with Crippen LogP contribution in [0.3, 0.4) is 0 Å². The number of ether oxygens (including phenoxy) is 2. The van der Waals surface area contributed by atoms with Crippen molar-refractivity contribution in [2.75, 3.05) is 14.2 Å². The van der Waals surface area contributed by atoms with Crippen molar-refractivity contribution in [1.82, 2.24) is 9.78 Å². The highest BCUT2D eigenvalue weighted by molar-refractivity contribution is 5.87. The topological polar surface area (TPSA) is 73.6 Å². The van der Waals surface area contributed by atoms with E-state index in [0.717, 1.165) is 0 Å². The first-order valence-electron chi connectivity index (χ1n) is 6.56. The van der Waals surface area contributed by atoms with E-state index in [1.165, 1.54) is 31.9 Å². The van der Waals surface area contributed by atoms with Crippen LogP contribution in [-0.4, -0.2) is 35.1 Å². The number of aromatic nitrogens is 2. The van der Waals surface area contributed by atoms with Crippen molar-refractivity contribution >= 4 is 5.97 Å². The molecule has 0 spiro atoms. The third kappa shape index (κ3) is 2.74. The van der Waals surface area contributed by atoms with Crippen LogP contribution in [-0.2, 0) is 7.05 Å². The van der Waals surface area contributed by atoms with E-state index < -0.39 is 12.1 Å². The van der Waals surface area contributed by atoms with Crippen molar-refractivity contribution in [2.45, 2.75) is 13.1 Å². The first-order chi connectivity index (χ1) is 10.4. The van der Waals surface area contributed by atoms with E-state index in [9.17, 15) is 9.18 Å². The van der Waals surface area contributed by atoms with Gasteiger partial charge in [0.25, 0.3) is 0 Å². The molecule has 0 fully saturated rings. The molecule has 0 aliphatic heterocycles. The quantitative estimate of drug-likeness (QED) is 0.919. The summed E-state index contributed by atoms with van der Waals surface area (Å²) in [5, 5.41) is 12.9. The largest absolute Gasteiger partial charge is 0.493 e. The maximum absolute atomic E-state index is 14.0. The summed E-state index contributed by atoms with van der Waals surface area (Å²) in [5.41, 5.74) is 1.26. The number of hydrogen-bond acceptors (Lipinski definition) is 4. The molecule has 1 N–H and O–H groups in total. The summed E-state index contributed by atoms with van der Waals surface area (Å²) in [6, 6.07) is 4.56. The Kier molecular flexibility index (Phi) is 4.35. The fourth-order valence-electron chi connectivity index (χ4n) is 2.27. The van der Waals surface area contributed by atoms with E-state index in [1.54, 1.807) is 19.2 Å². The lowest BCUT2D eigenvalue weighted by Gasteiger charge is -2.15. The predicted molar refractivity (Wildman–Crippen MR) is 78.2 cm³/mol. The summed E-state index contributed by atoms with van der Waals surface area (Å²) in [7, 11) is 4.55. The summed E-state index contributed by atoms with van der Waals surface area (Å²) >= 11 is 0. The zero-order chi connectivity index (χ0) is 16.4. The van der Waals surface area contributed by atoms with Gasteiger partial charge in [-0.25, -0.2) is 9.18 Å². The molecule has 118 valence electrons. The number of aryl methyl sites for hydroxylation is 1. The van der Waals surface area contributed by atoms with Crippen LogP contribution in [0.1, 0.15) is 29.1 Å². The van der Waals surface area contributed by atoms with Crippen LogP contribution < -0.4 is 9.47 Å². The van der Waals surface area contributed by atoms with Crippen LogP contribution in [0.5, 0.6) is 11.5 Å². The van der Waals surface area contributed by atoms with Crippen molar-refractivity contribution in [2.24, 2.45) is 7.05 Å². The first kappa shape index (κ1) is 15.8. The molecule has 0 bridgehead atoms. The van der Waals surface area contributed by atoms with Crippen LogP contribution >= 0.6 is 0 Å². The lowest BCUT2D eigenvalue weighted by atomic mass is 9.99. The fraction of sp³-hybridized carbons (Fsp3) is 0.333. The minimum Gasteiger partial charge on any atom is -0.493 e. The molecule has 1 aromatic heterocycles. The Labute approximate surface area is 127 Å². The van der Waals surface area contributed by atoms with Gasteiger partial charge in [-0.2, -0.15) is 5.10 Å². The first-order valence-corrected chi connectivity index (χ1v) is 6.56. The molecule has 0 aliphatic carbocycles. The van der Waals surface area contributed by atoms with Crippen LogP contribution in [0, 0.1) is 0 Å². The molecular weight excluding hydrogens is 291 g/mol. The lowest BCUT2D eigenvalue weighted by molar-refractivity contribution is 0.0689. The molecule has 0 aliphatic rings. The molecular formula is C15H17FN2O4. The summed E-state index contributed by atoms with van der Waals surface area (Å²) in [5.74, 6) is -0.302. The Hall–Kier alpha value is -2.57. The molecule has 1 heterocycles. The molecule has 1 aromatic carbocycles. The molecule has 1 atom stereocenters. The molecule has 22 heavy (non-hydrogen) atoms. The van der Waals surface area contributed by atoms with E-state index in [4.69, 9.17) is 14.6 Å². The van der Waals surface area contributed by atoms with Gasteiger partial charge in [-0.1, -0.05) is 0 Å². The predicted octanol–water partition coefficient (Wildman–Crippen LogP) is 2.83. The average molecular weight is 308 g/mol. The number of methoxy groups -OCH3 is 2. The second kappa shape index (κ2) is 6.05. The maximum atomic E-state index is 14.0. The van der Waals surface area contributed by atoms with Gasteiger partial charge in [-0.15, -0.1) is 0 Å². The van der Waals surface area contributed by atoms with Gasteiger partial charge < -0.3 is 14.6 Å². The second-order valence-corrected chi connectivity index (χ2v) is 4.75. The molecule has 2 rings (SSSR count). The molecule has 0 saturated heterocycles. The van der Waals surface area contributed by atoms with Crippen LogP contribution in [0.4, 0.5) is 4.39 Å². The van der Waals surface area contributed by atoms with Crippen molar-refractivity contribution in [1.29, 1.82) is 0 Å². The molecule has 0 radical (unpaired) electrons. The highest BCUT2D eigenvalue weighted by Gasteiger charge is 2.21. The van der Waals surface area contributed by atoms with Gasteiger partial charge in [0.1, 0.15) is 6.17 Å². The van der Waals surface area contributed by atoms with Gasteiger partial charge in [-0.05, 0) is 30.7 Å². The summed E-state index contributed by atoms with van der Waals surface area (Å²) in [6.45, 7) is 1.40. The smallest absolute Gasteiger partial charge is 0.356 e. The number of hydrogen-bond donors (Lipinski definition) is 1. The fourth-order valence-corrected chi connectivity index (χ4v) is 2.27. The van der Waals surface area contributed by atoms with Crippen LogP contribution in [0.15, 0.2) is 18.2 Å². The number of benzene rings is 1. The van der Waals surface area contributed by atoms with Crippen molar-refractivity contribution in [3.63, 3.8) is 0 Å². The van der Waals surface area contributed by atoms with E-state index in [2.05, 4.69) is 5.10 Å². The highest BCUT2D eigenvalue weighted by atomic mass is 19.1. The third-order valence-corrected chi connectivity index (χ3v) is 3.36. The Morgan fingerprint density at radius 3 is 2.32 bits per heavy atom. The van der Waals surface area contributed by atoms with Crippen LogP contribution in [0.2, 0.25) is 0 Å². The summed E-state index contributed by atoms with van der Waals surface area (Å²) in [4.78, 5) is 11.0. The minimum atomic E-state index is -1.27. The number of halogens is 1. The molecule has 1 unspecified atom stereocenters. The van der Waals surface area contributed by atoms with Gasteiger partial charge in [0.05, 0.1) is 19.9 Å². The van der Waals surface area contributed by atoms with Gasteiger partial charge in [0, 0.05) is 12.6 Å². The minimum absolute atomic E-state index is 0.107. The third-order valence-electron chi connectivity index (χ3n) is 3.36. The Bertz CT molecular complexity index is 710. The summed E-state index contributed by atoms with van der Waals surface area (Å²) < 4.78 is 25.8. The van der Waals surface area contributed by atoms with E-state index in [1.807, 2.05) is 0 Å². The molecule has 0 saturated carbocycles. The van der Waals surface area contributed by atoms with Gasteiger partial charge in [-0.3, -0.25) is 4.68 Å². The molecule has 0 amide bonds. The highest BCUT2D eigenvalue weighted by Crippen LogP contribution is 2.39. The van der Waals surface area contributed by atoms with Crippen molar-refractivity contribution in [3.8, 4) is 22.8 Å². The zero-order valence-corrected chi connectivity index (χ0v) is 12.8. The Morgan fingerprint density at radius 1 is 1.27 bits per heavy atom. The van der Waals surface area contributed by atoms with Crippen molar-refractivity contribution in [3.05, 3.63) is 29.5 Å². The standard InChI is InChI=1S/C15H17FN2O4/c1-8(16)9-5-13(21-3)14(22-4)6-10(9)12-7-11(15(19)20)17-18(12)2/h5-8H,1-4H3,(H,19,20). The lowest BCUT2D eigenvalue weighted by Crippen LogP contribution is -2.01. The number of nitrogens with zero attached hydrogens (tertiary/aromatic N) is 2. The maximum Gasteiger partial charge on any atom is 0.356 e. The van der Waals surface area contributed by atoms with Crippen LogP contribution in [0.25, 0.3) is 11.3 Å². The van der Waals surface area contributed by atoms with Gasteiger partial charge in [0.2, 0.25) is 0 Å².